The largest absolute Gasteiger partial charge is 0.490 e. The molecule has 2 aromatic rings. The molecule has 2 rings (SSSR count). The number of benzene rings is 1. The zero-order chi connectivity index (χ0) is 13.8. The molecule has 2 N–H and O–H groups in total. The number of anilines is 3. The monoisotopic (exact) mass is 282 g/mol. The Hall–Kier alpha value is -2.08. The number of ether oxygens (including phenoxy) is 1. The fraction of sp³-hybridized carbons (Fsp3) is 0.167. The van der Waals surface area contributed by atoms with Gasteiger partial charge in [0.15, 0.2) is 11.6 Å². The van der Waals surface area contributed by atoms with Crippen molar-refractivity contribution in [3.05, 3.63) is 35.4 Å². The summed E-state index contributed by atoms with van der Waals surface area (Å²) in [5.41, 5.74) is 0.530. The first-order chi connectivity index (χ1) is 9.15. The maximum atomic E-state index is 13.0. The molecule has 0 spiro atoms. The van der Waals surface area contributed by atoms with Crippen LogP contribution in [0.15, 0.2) is 24.5 Å². The second-order valence-corrected chi connectivity index (χ2v) is 4.01. The molecular formula is C12H12ClFN4O. The van der Waals surface area contributed by atoms with E-state index in [1.54, 1.807) is 7.05 Å². The van der Waals surface area contributed by atoms with Crippen LogP contribution in [0.4, 0.5) is 21.7 Å². The van der Waals surface area contributed by atoms with Gasteiger partial charge in [0.1, 0.15) is 12.1 Å². The van der Waals surface area contributed by atoms with E-state index in [1.807, 2.05) is 0 Å². The van der Waals surface area contributed by atoms with Gasteiger partial charge in [-0.2, -0.15) is 0 Å². The molecule has 5 nitrogen and oxygen atoms in total. The van der Waals surface area contributed by atoms with E-state index in [4.69, 9.17) is 16.3 Å². The lowest BCUT2D eigenvalue weighted by molar-refractivity contribution is 0.415. The Balaban J connectivity index is 2.37. The van der Waals surface area contributed by atoms with Crippen molar-refractivity contribution in [1.29, 1.82) is 0 Å². The van der Waals surface area contributed by atoms with Crippen LogP contribution in [0, 0.1) is 5.82 Å². The Morgan fingerprint density at radius 1 is 1.26 bits per heavy atom. The third kappa shape index (κ3) is 2.85. The minimum absolute atomic E-state index is 0.256. The van der Waals surface area contributed by atoms with Crippen molar-refractivity contribution in [1.82, 2.24) is 9.97 Å². The highest BCUT2D eigenvalue weighted by molar-refractivity contribution is 6.33. The lowest BCUT2D eigenvalue weighted by Gasteiger charge is -2.13. The van der Waals surface area contributed by atoms with Gasteiger partial charge in [0.25, 0.3) is 0 Å². The summed E-state index contributed by atoms with van der Waals surface area (Å²) in [4.78, 5) is 8.10. The molecular weight excluding hydrogens is 271 g/mol. The highest BCUT2D eigenvalue weighted by atomic mass is 35.5. The van der Waals surface area contributed by atoms with Crippen molar-refractivity contribution >= 4 is 28.9 Å². The normalized spacial score (nSPS) is 10.1. The van der Waals surface area contributed by atoms with Gasteiger partial charge in [0.05, 0.1) is 17.8 Å². The molecule has 0 saturated heterocycles. The highest BCUT2D eigenvalue weighted by Gasteiger charge is 2.12. The van der Waals surface area contributed by atoms with Crippen LogP contribution in [-0.4, -0.2) is 24.1 Å². The van der Waals surface area contributed by atoms with Crippen LogP contribution >= 0.6 is 11.6 Å². The van der Waals surface area contributed by atoms with Gasteiger partial charge in [-0.15, -0.1) is 0 Å². The molecule has 19 heavy (non-hydrogen) atoms. The molecule has 0 unspecified atom stereocenters. The Labute approximate surface area is 114 Å². The third-order valence-electron chi connectivity index (χ3n) is 2.43. The van der Waals surface area contributed by atoms with E-state index in [9.17, 15) is 4.39 Å². The summed E-state index contributed by atoms with van der Waals surface area (Å²) < 4.78 is 18.2. The van der Waals surface area contributed by atoms with Gasteiger partial charge < -0.3 is 15.4 Å². The van der Waals surface area contributed by atoms with Crippen molar-refractivity contribution in [2.45, 2.75) is 0 Å². The molecule has 0 aliphatic rings. The van der Waals surface area contributed by atoms with E-state index in [2.05, 4.69) is 20.6 Å². The summed E-state index contributed by atoms with van der Waals surface area (Å²) in [5, 5.41) is 6.12. The average molecular weight is 283 g/mol. The number of nitrogens with one attached hydrogen (secondary N) is 2. The van der Waals surface area contributed by atoms with Gasteiger partial charge in [-0.1, -0.05) is 11.6 Å². The Morgan fingerprint density at radius 2 is 2.00 bits per heavy atom. The quantitative estimate of drug-likeness (QED) is 0.902. The number of methoxy groups -OCH3 is 1. The zero-order valence-corrected chi connectivity index (χ0v) is 11.1. The summed E-state index contributed by atoms with van der Waals surface area (Å²) >= 11 is 5.95. The molecule has 1 aromatic heterocycles. The predicted octanol–water partition coefficient (Wildman–Crippen LogP) is 3.06. The fourth-order valence-corrected chi connectivity index (χ4v) is 1.77. The first kappa shape index (κ1) is 13.4. The van der Waals surface area contributed by atoms with Gasteiger partial charge in [0.2, 0.25) is 5.75 Å². The minimum Gasteiger partial charge on any atom is -0.490 e. The van der Waals surface area contributed by atoms with Crippen molar-refractivity contribution in [2.24, 2.45) is 0 Å². The van der Waals surface area contributed by atoms with Crippen molar-refractivity contribution < 1.29 is 9.13 Å². The van der Waals surface area contributed by atoms with Crippen LogP contribution in [0.2, 0.25) is 5.02 Å². The molecule has 0 amide bonds. The molecule has 1 aromatic carbocycles. The number of hydrogen-bond acceptors (Lipinski definition) is 5. The van der Waals surface area contributed by atoms with E-state index < -0.39 is 5.82 Å². The summed E-state index contributed by atoms with van der Waals surface area (Å²) in [7, 11) is 3.23. The minimum atomic E-state index is -0.402. The van der Waals surface area contributed by atoms with Crippen molar-refractivity contribution in [2.75, 3.05) is 24.8 Å². The smallest absolute Gasteiger partial charge is 0.204 e. The SMILES string of the molecule is CNc1ncnc(Nc2ccc(F)cc2Cl)c1OC. The first-order valence-electron chi connectivity index (χ1n) is 5.44. The number of rotatable bonds is 4. The zero-order valence-electron chi connectivity index (χ0n) is 10.4. The predicted molar refractivity (Wildman–Crippen MR) is 72.8 cm³/mol. The van der Waals surface area contributed by atoms with E-state index in [0.717, 1.165) is 0 Å². The number of aromatic nitrogens is 2. The maximum Gasteiger partial charge on any atom is 0.204 e. The fourth-order valence-electron chi connectivity index (χ4n) is 1.55. The Morgan fingerprint density at radius 3 is 2.63 bits per heavy atom. The lowest BCUT2D eigenvalue weighted by Crippen LogP contribution is -2.03. The number of halogens is 2. The number of nitrogens with zero attached hydrogens (tertiary/aromatic N) is 2. The van der Waals surface area contributed by atoms with Gasteiger partial charge in [0, 0.05) is 7.05 Å². The highest BCUT2D eigenvalue weighted by Crippen LogP contribution is 2.33. The van der Waals surface area contributed by atoms with Crippen LogP contribution in [0.5, 0.6) is 5.75 Å². The summed E-state index contributed by atoms with van der Waals surface area (Å²) in [6, 6.07) is 4.05. The van der Waals surface area contributed by atoms with Crippen LogP contribution in [-0.2, 0) is 0 Å². The van der Waals surface area contributed by atoms with Gasteiger partial charge in [-0.3, -0.25) is 0 Å². The van der Waals surface area contributed by atoms with E-state index >= 15 is 0 Å². The Kier molecular flexibility index (Phi) is 4.01. The topological polar surface area (TPSA) is 59.1 Å². The molecule has 0 aliphatic carbocycles. The average Bonchev–Trinajstić information content (AvgIpc) is 2.41. The molecule has 0 aliphatic heterocycles. The third-order valence-corrected chi connectivity index (χ3v) is 2.74. The molecule has 0 saturated carbocycles. The summed E-state index contributed by atoms with van der Waals surface area (Å²) in [5.74, 6) is 1.03. The van der Waals surface area contributed by atoms with Gasteiger partial charge in [-0.25, -0.2) is 14.4 Å². The van der Waals surface area contributed by atoms with Crippen LogP contribution in [0.3, 0.4) is 0 Å². The van der Waals surface area contributed by atoms with Crippen LogP contribution in [0.1, 0.15) is 0 Å². The van der Waals surface area contributed by atoms with Gasteiger partial charge in [-0.05, 0) is 18.2 Å². The summed E-state index contributed by atoms with van der Waals surface area (Å²) in [6.45, 7) is 0. The van der Waals surface area contributed by atoms with Crippen molar-refractivity contribution in [3.63, 3.8) is 0 Å². The van der Waals surface area contributed by atoms with E-state index in [1.165, 1.54) is 31.6 Å². The number of hydrogen-bond donors (Lipinski definition) is 2. The molecule has 0 bridgehead atoms. The molecule has 0 radical (unpaired) electrons. The first-order valence-corrected chi connectivity index (χ1v) is 5.82. The molecule has 100 valence electrons. The molecule has 1 heterocycles. The Bertz CT molecular complexity index is 594. The second-order valence-electron chi connectivity index (χ2n) is 3.60. The van der Waals surface area contributed by atoms with Gasteiger partial charge >= 0.3 is 0 Å². The maximum absolute atomic E-state index is 13.0. The van der Waals surface area contributed by atoms with E-state index in [0.29, 0.717) is 23.1 Å². The molecule has 7 heteroatoms. The van der Waals surface area contributed by atoms with Crippen LogP contribution < -0.4 is 15.4 Å². The second kappa shape index (κ2) is 5.71. The lowest BCUT2D eigenvalue weighted by atomic mass is 10.3. The molecule has 0 fully saturated rings. The summed E-state index contributed by atoms with van der Waals surface area (Å²) in [6.07, 6.45) is 1.38. The van der Waals surface area contributed by atoms with Crippen LogP contribution in [0.25, 0.3) is 0 Å². The van der Waals surface area contributed by atoms with Crippen molar-refractivity contribution in [3.8, 4) is 5.75 Å². The molecule has 0 atom stereocenters. The van der Waals surface area contributed by atoms with E-state index in [-0.39, 0.29) is 5.02 Å². The standard InChI is InChI=1S/C12H12ClFN4O/c1-15-11-10(19-2)12(17-6-16-11)18-9-4-3-7(14)5-8(9)13/h3-6H,1-2H3,(H2,15,16,17,18).